The van der Waals surface area contributed by atoms with Crippen molar-refractivity contribution in [2.24, 2.45) is 0 Å². The van der Waals surface area contributed by atoms with Gasteiger partial charge < -0.3 is 4.74 Å². The highest BCUT2D eigenvalue weighted by Crippen LogP contribution is 2.22. The van der Waals surface area contributed by atoms with Crippen LogP contribution in [0.25, 0.3) is 0 Å². The maximum Gasteiger partial charge on any atom is 0.306 e. The van der Waals surface area contributed by atoms with Gasteiger partial charge in [-0.3, -0.25) is 4.79 Å². The third-order valence-electron chi connectivity index (χ3n) is 1.95. The molecule has 5 heteroatoms. The highest BCUT2D eigenvalue weighted by Gasteiger charge is 2.12. The minimum Gasteiger partial charge on any atom is -0.469 e. The molecule has 0 aromatic carbocycles. The van der Waals surface area contributed by atoms with Crippen LogP contribution in [0.15, 0.2) is 11.2 Å². The molecule has 0 aliphatic rings. The van der Waals surface area contributed by atoms with E-state index in [0.717, 1.165) is 11.4 Å². The Morgan fingerprint density at radius 1 is 1.44 bits per heavy atom. The summed E-state index contributed by atoms with van der Waals surface area (Å²) in [4.78, 5) is 19.7. The molecular weight excluding hydrogens is 224 g/mol. The van der Waals surface area contributed by atoms with Gasteiger partial charge in [-0.15, -0.1) is 0 Å². The molecule has 1 unspecified atom stereocenters. The summed E-state index contributed by atoms with van der Waals surface area (Å²) in [5.41, 5.74) is 1.89. The predicted molar refractivity (Wildman–Crippen MR) is 63.5 cm³/mol. The van der Waals surface area contributed by atoms with E-state index in [1.165, 1.54) is 18.9 Å². The second kappa shape index (κ2) is 5.84. The van der Waals surface area contributed by atoms with Crippen LogP contribution in [0.3, 0.4) is 0 Å². The largest absolute Gasteiger partial charge is 0.469 e. The molecular formula is C11H16N2O2S. The number of ether oxygens (including phenoxy) is 1. The number of hydrogen-bond acceptors (Lipinski definition) is 5. The first kappa shape index (κ1) is 13.0. The van der Waals surface area contributed by atoms with Crippen LogP contribution < -0.4 is 0 Å². The minimum atomic E-state index is -0.204. The molecule has 0 saturated heterocycles. The van der Waals surface area contributed by atoms with Crippen LogP contribution in [0, 0.1) is 13.8 Å². The molecule has 0 amide bonds. The Balaban J connectivity index is 2.62. The van der Waals surface area contributed by atoms with Gasteiger partial charge in [0.05, 0.1) is 13.5 Å². The third kappa shape index (κ3) is 4.18. The van der Waals surface area contributed by atoms with Gasteiger partial charge in [0, 0.05) is 16.6 Å². The van der Waals surface area contributed by atoms with Crippen LogP contribution in [0.1, 0.15) is 24.7 Å². The summed E-state index contributed by atoms with van der Waals surface area (Å²) in [6, 6.07) is 1.93. The maximum absolute atomic E-state index is 11.1. The molecule has 0 aliphatic carbocycles. The summed E-state index contributed by atoms with van der Waals surface area (Å²) in [6.45, 7) is 5.83. The van der Waals surface area contributed by atoms with Gasteiger partial charge in [-0.25, -0.2) is 9.97 Å². The SMILES string of the molecule is COC(=O)CC(C)Sc1nc(C)cc(C)n1. The fourth-order valence-corrected chi connectivity index (χ4v) is 2.26. The van der Waals surface area contributed by atoms with E-state index in [1.54, 1.807) is 0 Å². The molecule has 0 radical (unpaired) electrons. The van der Waals surface area contributed by atoms with Gasteiger partial charge in [-0.05, 0) is 19.9 Å². The number of nitrogens with zero attached hydrogens (tertiary/aromatic N) is 2. The molecule has 1 aromatic rings. The van der Waals surface area contributed by atoms with Gasteiger partial charge >= 0.3 is 5.97 Å². The van der Waals surface area contributed by atoms with E-state index < -0.39 is 0 Å². The van der Waals surface area contributed by atoms with E-state index in [9.17, 15) is 4.79 Å². The van der Waals surface area contributed by atoms with Crippen LogP contribution in [0.5, 0.6) is 0 Å². The van der Waals surface area contributed by atoms with Crippen molar-refractivity contribution in [3.8, 4) is 0 Å². The molecule has 1 heterocycles. The Morgan fingerprint density at radius 3 is 2.50 bits per heavy atom. The van der Waals surface area contributed by atoms with E-state index in [-0.39, 0.29) is 11.2 Å². The van der Waals surface area contributed by atoms with E-state index >= 15 is 0 Å². The number of methoxy groups -OCH3 is 1. The van der Waals surface area contributed by atoms with Gasteiger partial charge in [0.25, 0.3) is 0 Å². The quantitative estimate of drug-likeness (QED) is 0.458. The first-order valence-electron chi connectivity index (χ1n) is 5.07. The zero-order chi connectivity index (χ0) is 12.1. The summed E-state index contributed by atoms with van der Waals surface area (Å²) < 4.78 is 4.61. The van der Waals surface area contributed by atoms with Crippen LogP contribution in [-0.4, -0.2) is 28.3 Å². The number of carbonyl (C=O) groups excluding carboxylic acids is 1. The van der Waals surface area contributed by atoms with Crippen molar-refractivity contribution in [3.05, 3.63) is 17.5 Å². The molecule has 0 aliphatic heterocycles. The van der Waals surface area contributed by atoms with Crippen molar-refractivity contribution in [1.82, 2.24) is 9.97 Å². The zero-order valence-corrected chi connectivity index (χ0v) is 10.8. The lowest BCUT2D eigenvalue weighted by atomic mass is 10.3. The zero-order valence-electron chi connectivity index (χ0n) is 9.98. The van der Waals surface area contributed by atoms with Gasteiger partial charge in [0.2, 0.25) is 0 Å². The Morgan fingerprint density at radius 2 is 2.00 bits per heavy atom. The molecule has 0 N–H and O–H groups in total. The Kier molecular flexibility index (Phi) is 4.73. The number of carbonyl (C=O) groups is 1. The number of esters is 1. The van der Waals surface area contributed by atoms with Crippen LogP contribution in [-0.2, 0) is 9.53 Å². The number of thioether (sulfide) groups is 1. The summed E-state index contributed by atoms with van der Waals surface area (Å²) in [5, 5.41) is 0.836. The highest BCUT2D eigenvalue weighted by molar-refractivity contribution is 7.99. The maximum atomic E-state index is 11.1. The lowest BCUT2D eigenvalue weighted by Gasteiger charge is -2.09. The number of hydrogen-bond donors (Lipinski definition) is 0. The highest BCUT2D eigenvalue weighted by atomic mass is 32.2. The van der Waals surface area contributed by atoms with Crippen LogP contribution >= 0.6 is 11.8 Å². The van der Waals surface area contributed by atoms with Gasteiger partial charge in [0.1, 0.15) is 0 Å². The molecule has 0 bridgehead atoms. The minimum absolute atomic E-state index is 0.119. The number of aryl methyl sites for hydroxylation is 2. The monoisotopic (exact) mass is 240 g/mol. The number of aromatic nitrogens is 2. The first-order valence-corrected chi connectivity index (χ1v) is 5.95. The molecule has 0 saturated carbocycles. The van der Waals surface area contributed by atoms with Gasteiger partial charge in [-0.2, -0.15) is 0 Å². The topological polar surface area (TPSA) is 52.1 Å². The van der Waals surface area contributed by atoms with Crippen molar-refractivity contribution in [3.63, 3.8) is 0 Å². The summed E-state index contributed by atoms with van der Waals surface area (Å²) in [6.07, 6.45) is 0.373. The normalized spacial score (nSPS) is 12.2. The van der Waals surface area contributed by atoms with Crippen molar-refractivity contribution in [2.45, 2.75) is 37.6 Å². The fraction of sp³-hybridized carbons (Fsp3) is 0.545. The molecule has 1 rings (SSSR count). The first-order chi connectivity index (χ1) is 7.51. The average molecular weight is 240 g/mol. The van der Waals surface area contributed by atoms with E-state index in [1.807, 2.05) is 26.8 Å². The van der Waals surface area contributed by atoms with Gasteiger partial charge in [-0.1, -0.05) is 18.7 Å². The Hall–Kier alpha value is -1.10. The van der Waals surface area contributed by atoms with E-state index in [0.29, 0.717) is 11.6 Å². The van der Waals surface area contributed by atoms with Gasteiger partial charge in [0.15, 0.2) is 5.16 Å². The summed E-state index contributed by atoms with van der Waals surface area (Å²) in [5.74, 6) is -0.204. The number of rotatable bonds is 4. The summed E-state index contributed by atoms with van der Waals surface area (Å²) >= 11 is 1.49. The van der Waals surface area contributed by atoms with E-state index in [2.05, 4.69) is 14.7 Å². The molecule has 16 heavy (non-hydrogen) atoms. The van der Waals surface area contributed by atoms with Crippen LogP contribution in [0.2, 0.25) is 0 Å². The third-order valence-corrected chi connectivity index (χ3v) is 2.91. The lowest BCUT2D eigenvalue weighted by Crippen LogP contribution is -2.09. The smallest absolute Gasteiger partial charge is 0.306 e. The van der Waals surface area contributed by atoms with Crippen molar-refractivity contribution < 1.29 is 9.53 Å². The molecule has 4 nitrogen and oxygen atoms in total. The van der Waals surface area contributed by atoms with Crippen LogP contribution in [0.4, 0.5) is 0 Å². The molecule has 0 fully saturated rings. The van der Waals surface area contributed by atoms with Crippen molar-refractivity contribution >= 4 is 17.7 Å². The van der Waals surface area contributed by atoms with Crippen molar-refractivity contribution in [2.75, 3.05) is 7.11 Å². The predicted octanol–water partition coefficient (Wildman–Crippen LogP) is 2.14. The fourth-order valence-electron chi connectivity index (χ4n) is 1.29. The molecule has 1 atom stereocenters. The van der Waals surface area contributed by atoms with Crippen molar-refractivity contribution in [1.29, 1.82) is 0 Å². The molecule has 0 spiro atoms. The summed E-state index contributed by atoms with van der Waals surface area (Å²) in [7, 11) is 1.40. The average Bonchev–Trinajstić information content (AvgIpc) is 2.15. The molecule has 88 valence electrons. The van der Waals surface area contributed by atoms with E-state index in [4.69, 9.17) is 0 Å². The Labute approximate surface area is 99.8 Å². The second-order valence-electron chi connectivity index (χ2n) is 3.64. The standard InChI is InChI=1S/C11H16N2O2S/c1-7-5-8(2)13-11(12-7)16-9(3)6-10(14)15-4/h5,9H,6H2,1-4H3. The second-order valence-corrected chi connectivity index (χ2v) is 5.05. The molecule has 1 aromatic heterocycles. The Bertz CT molecular complexity index is 362. The lowest BCUT2D eigenvalue weighted by molar-refractivity contribution is -0.140.